The van der Waals surface area contributed by atoms with Gasteiger partial charge in [0.25, 0.3) is 0 Å². The molecular weight excluding hydrogens is 259 g/mol. The third-order valence-electron chi connectivity index (χ3n) is 3.88. The molecule has 1 saturated heterocycles. The number of aliphatic hydroxyl groups is 1. The minimum absolute atomic E-state index is 0.0985. The molecule has 0 bridgehead atoms. The Labute approximate surface area is 118 Å². The van der Waals surface area contributed by atoms with Crippen LogP contribution in [0.2, 0.25) is 0 Å². The van der Waals surface area contributed by atoms with Gasteiger partial charge in [0.15, 0.2) is 0 Å². The Bertz CT molecular complexity index is 488. The molecule has 2 rings (SSSR count). The maximum atomic E-state index is 13.3. The molecule has 1 fully saturated rings. The Morgan fingerprint density at radius 2 is 2.15 bits per heavy atom. The highest BCUT2D eigenvalue weighted by Gasteiger charge is 2.31. The van der Waals surface area contributed by atoms with E-state index in [9.17, 15) is 9.50 Å². The number of benzene rings is 1. The minimum atomic E-state index is -0.344. The SMILES string of the molecule is N#Cc1ccc(F)cc1CNC1(CCO)CCOCC1. The number of nitrogens with one attached hydrogen (secondary N) is 1. The summed E-state index contributed by atoms with van der Waals surface area (Å²) in [6, 6.07) is 6.25. The molecule has 1 aromatic rings. The van der Waals surface area contributed by atoms with E-state index in [0.717, 1.165) is 12.8 Å². The standard InChI is InChI=1S/C15H19FN2O2/c16-14-2-1-12(10-17)13(9-14)11-18-15(3-6-19)4-7-20-8-5-15/h1-2,9,18-19H,3-8,11H2. The van der Waals surface area contributed by atoms with Crippen LogP contribution in [0.5, 0.6) is 0 Å². The van der Waals surface area contributed by atoms with Crippen LogP contribution in [0, 0.1) is 17.1 Å². The molecule has 0 amide bonds. The molecule has 0 unspecified atom stereocenters. The van der Waals surface area contributed by atoms with Crippen LogP contribution < -0.4 is 5.32 Å². The van der Waals surface area contributed by atoms with Crippen molar-refractivity contribution in [1.29, 1.82) is 5.26 Å². The lowest BCUT2D eigenvalue weighted by molar-refractivity contribution is 0.0267. The van der Waals surface area contributed by atoms with Gasteiger partial charge >= 0.3 is 0 Å². The molecule has 1 aromatic carbocycles. The molecule has 1 aliphatic heterocycles. The molecule has 1 heterocycles. The van der Waals surface area contributed by atoms with E-state index in [2.05, 4.69) is 11.4 Å². The van der Waals surface area contributed by atoms with Crippen LogP contribution >= 0.6 is 0 Å². The number of nitriles is 1. The zero-order valence-corrected chi connectivity index (χ0v) is 11.4. The fourth-order valence-corrected chi connectivity index (χ4v) is 2.59. The summed E-state index contributed by atoms with van der Waals surface area (Å²) in [4.78, 5) is 0. The van der Waals surface area contributed by atoms with Crippen molar-refractivity contribution in [3.05, 3.63) is 35.1 Å². The minimum Gasteiger partial charge on any atom is -0.396 e. The van der Waals surface area contributed by atoms with Crippen molar-refractivity contribution >= 4 is 0 Å². The van der Waals surface area contributed by atoms with E-state index in [1.54, 1.807) is 0 Å². The van der Waals surface area contributed by atoms with Crippen molar-refractivity contribution in [2.45, 2.75) is 31.3 Å². The zero-order chi connectivity index (χ0) is 14.4. The topological polar surface area (TPSA) is 65.3 Å². The van der Waals surface area contributed by atoms with Crippen molar-refractivity contribution in [1.82, 2.24) is 5.32 Å². The first-order chi connectivity index (χ1) is 9.69. The molecule has 2 N–H and O–H groups in total. The highest BCUT2D eigenvalue weighted by molar-refractivity contribution is 5.37. The van der Waals surface area contributed by atoms with Crippen molar-refractivity contribution in [2.24, 2.45) is 0 Å². The Kier molecular flexibility index (Phi) is 5.07. The van der Waals surface area contributed by atoms with E-state index in [1.807, 2.05) is 0 Å². The number of aliphatic hydroxyl groups excluding tert-OH is 1. The highest BCUT2D eigenvalue weighted by Crippen LogP contribution is 2.25. The molecule has 0 aromatic heterocycles. The van der Waals surface area contributed by atoms with E-state index < -0.39 is 0 Å². The normalized spacial score (nSPS) is 17.6. The van der Waals surface area contributed by atoms with Gasteiger partial charge in [-0.2, -0.15) is 5.26 Å². The van der Waals surface area contributed by atoms with Gasteiger partial charge in [-0.1, -0.05) is 0 Å². The summed E-state index contributed by atoms with van der Waals surface area (Å²) in [7, 11) is 0. The molecule has 0 atom stereocenters. The van der Waals surface area contributed by atoms with Gasteiger partial charge < -0.3 is 15.2 Å². The van der Waals surface area contributed by atoms with E-state index in [4.69, 9.17) is 10.00 Å². The van der Waals surface area contributed by atoms with Crippen LogP contribution in [0.15, 0.2) is 18.2 Å². The summed E-state index contributed by atoms with van der Waals surface area (Å²) in [6.45, 7) is 1.82. The average molecular weight is 278 g/mol. The summed E-state index contributed by atoms with van der Waals surface area (Å²) < 4.78 is 18.6. The average Bonchev–Trinajstić information content (AvgIpc) is 2.47. The first-order valence-corrected chi connectivity index (χ1v) is 6.81. The first kappa shape index (κ1) is 14.9. The Balaban J connectivity index is 2.09. The smallest absolute Gasteiger partial charge is 0.123 e. The third kappa shape index (κ3) is 3.54. The predicted molar refractivity (Wildman–Crippen MR) is 72.4 cm³/mol. The molecule has 0 saturated carbocycles. The van der Waals surface area contributed by atoms with E-state index in [-0.39, 0.29) is 18.0 Å². The number of nitrogens with zero attached hydrogens (tertiary/aromatic N) is 1. The molecular formula is C15H19FN2O2. The van der Waals surface area contributed by atoms with Crippen LogP contribution in [0.1, 0.15) is 30.4 Å². The van der Waals surface area contributed by atoms with Crippen LogP contribution in [0.25, 0.3) is 0 Å². The second kappa shape index (κ2) is 6.80. The van der Waals surface area contributed by atoms with Crippen LogP contribution in [0.3, 0.4) is 0 Å². The molecule has 0 spiro atoms. The fourth-order valence-electron chi connectivity index (χ4n) is 2.59. The summed E-state index contributed by atoms with van der Waals surface area (Å²) in [5.74, 6) is -0.344. The highest BCUT2D eigenvalue weighted by atomic mass is 19.1. The first-order valence-electron chi connectivity index (χ1n) is 6.81. The van der Waals surface area contributed by atoms with Crippen LogP contribution in [0.4, 0.5) is 4.39 Å². The largest absolute Gasteiger partial charge is 0.396 e. The number of rotatable bonds is 5. The van der Waals surface area contributed by atoms with Gasteiger partial charge in [-0.15, -0.1) is 0 Å². The van der Waals surface area contributed by atoms with Gasteiger partial charge in [-0.3, -0.25) is 0 Å². The summed E-state index contributed by atoms with van der Waals surface area (Å²) in [5, 5.41) is 21.7. The number of ether oxygens (including phenoxy) is 1. The molecule has 1 aliphatic rings. The lowest BCUT2D eigenvalue weighted by atomic mass is 9.86. The lowest BCUT2D eigenvalue weighted by Gasteiger charge is -2.38. The Hall–Kier alpha value is -1.48. The van der Waals surface area contributed by atoms with Gasteiger partial charge in [0.2, 0.25) is 0 Å². The maximum absolute atomic E-state index is 13.3. The quantitative estimate of drug-likeness (QED) is 0.860. The van der Waals surface area contributed by atoms with Gasteiger partial charge in [0, 0.05) is 31.9 Å². The molecule has 4 nitrogen and oxygen atoms in total. The number of hydrogen-bond acceptors (Lipinski definition) is 4. The molecule has 0 aliphatic carbocycles. The summed E-state index contributed by atoms with van der Waals surface area (Å²) >= 11 is 0. The third-order valence-corrected chi connectivity index (χ3v) is 3.88. The van der Waals surface area contributed by atoms with Gasteiger partial charge in [0.05, 0.1) is 11.6 Å². The van der Waals surface area contributed by atoms with Crippen molar-refractivity contribution in [2.75, 3.05) is 19.8 Å². The summed E-state index contributed by atoms with van der Waals surface area (Å²) in [5.41, 5.74) is 0.938. The zero-order valence-electron chi connectivity index (χ0n) is 11.4. The van der Waals surface area contributed by atoms with Crippen LogP contribution in [-0.2, 0) is 11.3 Å². The number of hydrogen-bond donors (Lipinski definition) is 2. The predicted octanol–water partition coefficient (Wildman–Crippen LogP) is 1.72. The maximum Gasteiger partial charge on any atom is 0.123 e. The van der Waals surface area contributed by atoms with Crippen molar-refractivity contribution in [3.8, 4) is 6.07 Å². The molecule has 108 valence electrons. The molecule has 0 radical (unpaired) electrons. The Morgan fingerprint density at radius 1 is 1.40 bits per heavy atom. The van der Waals surface area contributed by atoms with Crippen LogP contribution in [-0.4, -0.2) is 30.5 Å². The van der Waals surface area contributed by atoms with E-state index in [1.165, 1.54) is 18.2 Å². The van der Waals surface area contributed by atoms with Crippen molar-refractivity contribution in [3.63, 3.8) is 0 Å². The van der Waals surface area contributed by atoms with E-state index >= 15 is 0 Å². The van der Waals surface area contributed by atoms with Crippen molar-refractivity contribution < 1.29 is 14.2 Å². The molecule has 5 heteroatoms. The van der Waals surface area contributed by atoms with Gasteiger partial charge in [0.1, 0.15) is 5.82 Å². The van der Waals surface area contributed by atoms with Gasteiger partial charge in [-0.25, -0.2) is 4.39 Å². The second-order valence-electron chi connectivity index (χ2n) is 5.13. The summed E-state index contributed by atoms with van der Waals surface area (Å²) in [6.07, 6.45) is 2.25. The van der Waals surface area contributed by atoms with Gasteiger partial charge in [-0.05, 0) is 43.0 Å². The Morgan fingerprint density at radius 3 is 2.80 bits per heavy atom. The monoisotopic (exact) mass is 278 g/mol. The number of halogens is 1. The second-order valence-corrected chi connectivity index (χ2v) is 5.13. The molecule has 20 heavy (non-hydrogen) atoms. The fraction of sp³-hybridized carbons (Fsp3) is 0.533. The van der Waals surface area contributed by atoms with E-state index in [0.29, 0.717) is 37.3 Å². The lowest BCUT2D eigenvalue weighted by Crippen LogP contribution is -2.49.